The van der Waals surface area contributed by atoms with Gasteiger partial charge < -0.3 is 9.52 Å². The fraction of sp³-hybridized carbons (Fsp3) is 0.500. The van der Waals surface area contributed by atoms with Gasteiger partial charge in [0.25, 0.3) is 5.89 Å². The molecule has 1 atom stereocenters. The SMILES string of the molecule is C[C@H](NS(=O)(=O)c1ccc(-c2sc(-c3nnc(CC(C)(C)C(=O)O)o3)nc2CC2CCC2)c(Cl)c1)C(F)(F)F. The molecule has 1 fully saturated rings. The Hall–Kier alpha value is -2.55. The number of aliphatic carboxylic acids is 1. The van der Waals surface area contributed by atoms with Gasteiger partial charge in [-0.25, -0.2) is 13.4 Å². The van der Waals surface area contributed by atoms with Gasteiger partial charge in [-0.1, -0.05) is 36.9 Å². The molecule has 1 saturated carbocycles. The number of sulfonamides is 1. The molecule has 15 heteroatoms. The first-order valence-corrected chi connectivity index (χ1v) is 14.7. The third-order valence-electron chi connectivity index (χ3n) is 6.54. The predicted molar refractivity (Wildman–Crippen MR) is 138 cm³/mol. The number of carbonyl (C=O) groups is 1. The highest BCUT2D eigenvalue weighted by atomic mass is 35.5. The summed E-state index contributed by atoms with van der Waals surface area (Å²) in [4.78, 5) is 16.4. The summed E-state index contributed by atoms with van der Waals surface area (Å²) in [6.07, 6.45) is -0.903. The lowest BCUT2D eigenvalue weighted by atomic mass is 9.82. The number of nitrogens with one attached hydrogen (secondary N) is 1. The third kappa shape index (κ3) is 6.61. The number of hydrogen-bond acceptors (Lipinski definition) is 8. The van der Waals surface area contributed by atoms with E-state index in [1.807, 2.05) is 0 Å². The van der Waals surface area contributed by atoms with Gasteiger partial charge in [-0.3, -0.25) is 4.79 Å². The van der Waals surface area contributed by atoms with E-state index in [9.17, 15) is 31.5 Å². The summed E-state index contributed by atoms with van der Waals surface area (Å²) < 4.78 is 71.1. The van der Waals surface area contributed by atoms with Crippen molar-refractivity contribution in [2.45, 2.75) is 70.0 Å². The molecule has 39 heavy (non-hydrogen) atoms. The molecule has 0 unspecified atom stereocenters. The minimum atomic E-state index is -4.75. The molecule has 0 saturated heterocycles. The number of benzene rings is 1. The number of rotatable bonds is 10. The van der Waals surface area contributed by atoms with E-state index in [0.717, 1.165) is 25.3 Å². The highest BCUT2D eigenvalue weighted by molar-refractivity contribution is 7.89. The van der Waals surface area contributed by atoms with Crippen LogP contribution in [0.15, 0.2) is 27.5 Å². The second-order valence-electron chi connectivity index (χ2n) is 10.2. The van der Waals surface area contributed by atoms with Crippen molar-refractivity contribution in [3.8, 4) is 21.3 Å². The molecule has 2 N–H and O–H groups in total. The number of halogens is 4. The van der Waals surface area contributed by atoms with E-state index in [0.29, 0.717) is 40.4 Å². The van der Waals surface area contributed by atoms with Gasteiger partial charge in [0.15, 0.2) is 5.01 Å². The summed E-state index contributed by atoms with van der Waals surface area (Å²) in [7, 11) is -4.49. The largest absolute Gasteiger partial charge is 0.481 e. The zero-order valence-electron chi connectivity index (χ0n) is 21.2. The summed E-state index contributed by atoms with van der Waals surface area (Å²) >= 11 is 7.67. The molecule has 0 radical (unpaired) electrons. The summed E-state index contributed by atoms with van der Waals surface area (Å²) in [5.74, 6) is -0.342. The first-order chi connectivity index (χ1) is 18.1. The van der Waals surface area contributed by atoms with E-state index in [1.165, 1.54) is 23.5 Å². The lowest BCUT2D eigenvalue weighted by molar-refractivity contribution is -0.147. The van der Waals surface area contributed by atoms with Crippen molar-refractivity contribution < 1.29 is 35.9 Å². The molecule has 1 aliphatic carbocycles. The molecule has 0 bridgehead atoms. The van der Waals surface area contributed by atoms with E-state index < -0.39 is 38.5 Å². The van der Waals surface area contributed by atoms with Crippen LogP contribution in [0.2, 0.25) is 5.02 Å². The molecule has 2 aromatic heterocycles. The lowest BCUT2D eigenvalue weighted by Gasteiger charge is -2.24. The second-order valence-corrected chi connectivity index (χ2v) is 13.3. The standard InChI is InChI=1S/C24H26ClF3N4O5S2/c1-12(24(26,27)28)32-39(35,36)14-7-8-15(16(25)10-14)19-17(9-13-5-4-6-13)29-21(38-19)20-31-30-18(37-20)11-23(2,3)22(33)34/h7-8,10,12-13,32H,4-6,9,11H2,1-3H3,(H,33,34)/t12-/m0/s1. The van der Waals surface area contributed by atoms with Gasteiger partial charge in [0.05, 0.1) is 25.9 Å². The Morgan fingerprint density at radius 1 is 1.28 bits per heavy atom. The van der Waals surface area contributed by atoms with Crippen LogP contribution in [0.4, 0.5) is 13.2 Å². The maximum atomic E-state index is 12.9. The highest BCUT2D eigenvalue weighted by Crippen LogP contribution is 2.42. The molecule has 0 aliphatic heterocycles. The molecule has 2 heterocycles. The number of carboxylic acids is 1. The third-order valence-corrected chi connectivity index (χ3v) is 9.51. The maximum Gasteiger partial charge on any atom is 0.404 e. The molecule has 0 amide bonds. The zero-order valence-corrected chi connectivity index (χ0v) is 23.6. The number of carboxylic acid groups (broad SMARTS) is 1. The minimum absolute atomic E-state index is 0.0191. The van der Waals surface area contributed by atoms with Crippen LogP contribution in [0.5, 0.6) is 0 Å². The summed E-state index contributed by atoms with van der Waals surface area (Å²) in [6.45, 7) is 3.80. The van der Waals surface area contributed by atoms with E-state index in [-0.39, 0.29) is 23.2 Å². The van der Waals surface area contributed by atoms with Crippen LogP contribution in [0, 0.1) is 11.3 Å². The van der Waals surface area contributed by atoms with Gasteiger partial charge in [-0.05, 0) is 45.2 Å². The highest BCUT2D eigenvalue weighted by Gasteiger charge is 2.39. The monoisotopic (exact) mass is 606 g/mol. The minimum Gasteiger partial charge on any atom is -0.481 e. The Morgan fingerprint density at radius 2 is 1.97 bits per heavy atom. The fourth-order valence-corrected chi connectivity index (χ4v) is 6.55. The molecule has 1 aliphatic rings. The van der Waals surface area contributed by atoms with E-state index in [2.05, 4.69) is 10.2 Å². The summed E-state index contributed by atoms with van der Waals surface area (Å²) in [5, 5.41) is 17.8. The first kappa shape index (κ1) is 29.4. The maximum absolute atomic E-state index is 12.9. The average molecular weight is 607 g/mol. The van der Waals surface area contributed by atoms with Crippen molar-refractivity contribution in [1.29, 1.82) is 0 Å². The molecular weight excluding hydrogens is 581 g/mol. The summed E-state index contributed by atoms with van der Waals surface area (Å²) in [6, 6.07) is 1.45. The second kappa shape index (κ2) is 10.8. The van der Waals surface area contributed by atoms with Crippen molar-refractivity contribution in [2.75, 3.05) is 0 Å². The topological polar surface area (TPSA) is 135 Å². The molecule has 4 rings (SSSR count). The molecule has 212 valence electrons. The van der Waals surface area contributed by atoms with Gasteiger partial charge in [0.1, 0.15) is 6.04 Å². The van der Waals surface area contributed by atoms with Gasteiger partial charge in [0, 0.05) is 12.0 Å². The van der Waals surface area contributed by atoms with Crippen LogP contribution in [0.25, 0.3) is 21.3 Å². The fourth-order valence-electron chi connectivity index (χ4n) is 3.84. The number of hydrogen-bond donors (Lipinski definition) is 2. The van der Waals surface area contributed by atoms with Gasteiger partial charge in [0.2, 0.25) is 15.9 Å². The van der Waals surface area contributed by atoms with Gasteiger partial charge >= 0.3 is 12.1 Å². The van der Waals surface area contributed by atoms with Crippen molar-refractivity contribution >= 4 is 38.9 Å². The smallest absolute Gasteiger partial charge is 0.404 e. The number of alkyl halides is 3. The predicted octanol–water partition coefficient (Wildman–Crippen LogP) is 5.74. The van der Waals surface area contributed by atoms with E-state index in [1.54, 1.807) is 18.6 Å². The first-order valence-electron chi connectivity index (χ1n) is 12.0. The molecule has 1 aromatic carbocycles. The van der Waals surface area contributed by atoms with Gasteiger partial charge in [-0.2, -0.15) is 17.9 Å². The van der Waals surface area contributed by atoms with E-state index in [4.69, 9.17) is 21.0 Å². The van der Waals surface area contributed by atoms with Crippen molar-refractivity contribution in [2.24, 2.45) is 11.3 Å². The van der Waals surface area contributed by atoms with Crippen molar-refractivity contribution in [1.82, 2.24) is 19.9 Å². The number of aromatic nitrogens is 3. The number of nitrogens with zero attached hydrogens (tertiary/aromatic N) is 3. The Labute approximate surface area is 231 Å². The normalized spacial score (nSPS) is 15.8. The molecule has 3 aromatic rings. The van der Waals surface area contributed by atoms with Crippen LogP contribution < -0.4 is 4.72 Å². The van der Waals surface area contributed by atoms with Crippen LogP contribution in [-0.2, 0) is 27.7 Å². The zero-order chi connectivity index (χ0) is 28.8. The van der Waals surface area contributed by atoms with Crippen LogP contribution in [0.1, 0.15) is 51.6 Å². The van der Waals surface area contributed by atoms with Crippen LogP contribution in [0.3, 0.4) is 0 Å². The Morgan fingerprint density at radius 3 is 2.54 bits per heavy atom. The Kier molecular flexibility index (Phi) is 8.14. The quantitative estimate of drug-likeness (QED) is 0.298. The van der Waals surface area contributed by atoms with Crippen LogP contribution in [-0.4, -0.2) is 46.9 Å². The molecule has 9 nitrogen and oxygen atoms in total. The summed E-state index contributed by atoms with van der Waals surface area (Å²) in [5.41, 5.74) is 0.0474. The van der Waals surface area contributed by atoms with Crippen molar-refractivity contribution in [3.05, 3.63) is 34.8 Å². The Bertz CT molecular complexity index is 1480. The van der Waals surface area contributed by atoms with Crippen LogP contribution >= 0.6 is 22.9 Å². The molecular formula is C24H26ClF3N4O5S2. The lowest BCUT2D eigenvalue weighted by Crippen LogP contribution is -2.42. The van der Waals surface area contributed by atoms with Crippen molar-refractivity contribution in [3.63, 3.8) is 0 Å². The van der Waals surface area contributed by atoms with Gasteiger partial charge in [-0.15, -0.1) is 21.5 Å². The Balaban J connectivity index is 1.67. The average Bonchev–Trinajstić information content (AvgIpc) is 3.41. The van der Waals surface area contributed by atoms with E-state index >= 15 is 0 Å². The molecule has 0 spiro atoms. The number of thiazole rings is 1.